The molecule has 406 valence electrons. The third-order valence-electron chi connectivity index (χ3n) is 12.8. The first kappa shape index (κ1) is 57.8. The van der Waals surface area contributed by atoms with Crippen molar-refractivity contribution in [2.24, 2.45) is 11.8 Å². The van der Waals surface area contributed by atoms with Gasteiger partial charge in [0, 0.05) is 28.2 Å². The van der Waals surface area contributed by atoms with Gasteiger partial charge in [0.25, 0.3) is 17.7 Å². The molecule has 9 atom stereocenters. The number of hydrogen-bond acceptors (Lipinski definition) is 18. The summed E-state index contributed by atoms with van der Waals surface area (Å²) in [4.78, 5) is 166. The smallest absolute Gasteiger partial charge is 0.329 e. The third kappa shape index (κ3) is 12.9. The van der Waals surface area contributed by atoms with Crippen LogP contribution in [-0.2, 0) is 47.8 Å². The highest BCUT2D eigenvalue weighted by atomic mass is 32.2. The Kier molecular flexibility index (Phi) is 18.9. The first-order valence-corrected chi connectivity index (χ1v) is 26.4. The molecule has 8 amide bonds. The topological polar surface area (TPSA) is 302 Å². The Morgan fingerprint density at radius 1 is 0.605 bits per heavy atom. The molecule has 26 heteroatoms. The number of hydrogen-bond donors (Lipinski definition) is 4. The predicted molar refractivity (Wildman–Crippen MR) is 280 cm³/mol. The van der Waals surface area contributed by atoms with Gasteiger partial charge >= 0.3 is 11.9 Å². The number of nitrogens with one attached hydrogen (secondary N) is 4. The fourth-order valence-electron chi connectivity index (χ4n) is 8.66. The maximum Gasteiger partial charge on any atom is 0.329 e. The summed E-state index contributed by atoms with van der Waals surface area (Å²) in [6.07, 6.45) is 4.00. The van der Waals surface area contributed by atoms with Crippen LogP contribution in [0.1, 0.15) is 62.5 Å². The molecule has 9 unspecified atom stereocenters. The minimum atomic E-state index is -1.66. The first-order chi connectivity index (χ1) is 35.9. The summed E-state index contributed by atoms with van der Waals surface area (Å²) in [7, 11) is 5.20. The normalized spacial score (nSPS) is 25.4. The maximum atomic E-state index is 15.3. The van der Waals surface area contributed by atoms with Gasteiger partial charge in [0.2, 0.25) is 29.5 Å². The number of esters is 2. The SMILES string of the molecule is CSC1SC2C(=O)N(C)C(C(C)C)C(=O)OCC(NC(=O)c3cnc4ccccc4n3)C(=O)NC(C)C(=O)N(C)C1C(=O)N(C)C(C(C)C)C(=O)OCC(NC(=O)c1cnc3ccccc3n1)C(=O)NC(C)C(=O)N2C. The van der Waals surface area contributed by atoms with Crippen molar-refractivity contribution in [2.75, 3.05) is 47.7 Å². The van der Waals surface area contributed by atoms with Crippen molar-refractivity contribution in [1.82, 2.24) is 60.8 Å². The molecule has 4 N–H and O–H groups in total. The van der Waals surface area contributed by atoms with Crippen molar-refractivity contribution >= 4 is 105 Å². The van der Waals surface area contributed by atoms with Crippen molar-refractivity contribution in [1.29, 1.82) is 0 Å². The highest BCUT2D eigenvalue weighted by Crippen LogP contribution is 2.36. The Morgan fingerprint density at radius 2 is 1.00 bits per heavy atom. The number of cyclic esters (lactones) is 2. The largest absolute Gasteiger partial charge is 0.461 e. The minimum Gasteiger partial charge on any atom is -0.461 e. The summed E-state index contributed by atoms with van der Waals surface area (Å²) in [6, 6.07) is 2.99. The molecule has 2 aromatic carbocycles. The summed E-state index contributed by atoms with van der Waals surface area (Å²) in [5, 5.41) is 8.57. The van der Waals surface area contributed by atoms with Gasteiger partial charge in [-0.15, -0.1) is 23.5 Å². The Hall–Kier alpha value is -7.48. The molecule has 24 nitrogen and oxygen atoms in total. The van der Waals surface area contributed by atoms with E-state index in [0.29, 0.717) is 22.1 Å². The van der Waals surface area contributed by atoms with Crippen LogP contribution in [0.5, 0.6) is 0 Å². The van der Waals surface area contributed by atoms with E-state index >= 15 is 9.59 Å². The van der Waals surface area contributed by atoms with Gasteiger partial charge in [0.15, 0.2) is 5.37 Å². The molecule has 2 aliphatic rings. The lowest BCUT2D eigenvalue weighted by atomic mass is 10.0. The van der Waals surface area contributed by atoms with Crippen LogP contribution in [0, 0.1) is 11.8 Å². The standard InChI is InChI=1S/C50H62N12O12S2/c1-24(2)36-48(71)73-22-35(58-40(64)33-21-52-29-17-13-15-19-31(29)56-33)42(66)54-27(6)44(68)62(10)47-46(70)60(8)37(25(3)4)49(72)74-23-34(57-39(63)32-20-51-28-16-12-14-18-30(28)55-32)41(65)53-26(5)43(67)61(9)38(45(69)59(36)7)50(75-11)76-47/h12-21,24-27,34-38,47,50H,22-23H2,1-11H3,(H,53,65)(H,54,66)(H,57,63)(H,58,64). The molecule has 4 heterocycles. The van der Waals surface area contributed by atoms with E-state index < -0.39 is 136 Å². The number of ether oxygens (including phenoxy) is 2. The Bertz CT molecular complexity index is 2910. The number of rotatable bonds is 7. The van der Waals surface area contributed by atoms with E-state index in [1.54, 1.807) is 82.5 Å². The quantitative estimate of drug-likeness (QED) is 0.184. The second-order valence-electron chi connectivity index (χ2n) is 19.0. The average molecular weight is 1090 g/mol. The number of fused-ring (bicyclic) bond motifs is 5. The summed E-state index contributed by atoms with van der Waals surface area (Å²) in [5.74, 6) is -10.4. The Labute approximate surface area is 446 Å². The summed E-state index contributed by atoms with van der Waals surface area (Å²) >= 11 is 1.82. The van der Waals surface area contributed by atoms with Crippen molar-refractivity contribution in [3.8, 4) is 0 Å². The van der Waals surface area contributed by atoms with Gasteiger partial charge in [-0.1, -0.05) is 52.0 Å². The van der Waals surface area contributed by atoms with Gasteiger partial charge < -0.3 is 50.3 Å². The highest BCUT2D eigenvalue weighted by molar-refractivity contribution is 8.17. The number of thioether (sulfide) groups is 2. The molecule has 0 aliphatic carbocycles. The predicted octanol–water partition coefficient (Wildman–Crippen LogP) is 0.593. The molecule has 0 saturated carbocycles. The minimum absolute atomic E-state index is 0.183. The lowest BCUT2D eigenvalue weighted by Crippen LogP contribution is -2.62. The number of aromatic nitrogens is 4. The molecule has 2 fully saturated rings. The number of nitrogens with zero attached hydrogens (tertiary/aromatic N) is 8. The first-order valence-electron chi connectivity index (χ1n) is 24.2. The van der Waals surface area contributed by atoms with Crippen LogP contribution < -0.4 is 21.3 Å². The van der Waals surface area contributed by atoms with Crippen LogP contribution in [0.4, 0.5) is 0 Å². The zero-order valence-electron chi connectivity index (χ0n) is 43.8. The van der Waals surface area contributed by atoms with E-state index in [2.05, 4.69) is 41.2 Å². The van der Waals surface area contributed by atoms with Crippen molar-refractivity contribution < 1.29 is 57.4 Å². The lowest BCUT2D eigenvalue weighted by molar-refractivity contribution is -0.160. The molecule has 2 bridgehead atoms. The molecule has 0 radical (unpaired) electrons. The number of benzene rings is 2. The molecule has 4 aromatic rings. The zero-order valence-corrected chi connectivity index (χ0v) is 45.5. The van der Waals surface area contributed by atoms with Crippen LogP contribution in [0.15, 0.2) is 60.9 Å². The molecule has 76 heavy (non-hydrogen) atoms. The van der Waals surface area contributed by atoms with Crippen LogP contribution in [0.25, 0.3) is 22.1 Å². The van der Waals surface area contributed by atoms with Gasteiger partial charge in [-0.2, -0.15) is 0 Å². The van der Waals surface area contributed by atoms with E-state index in [1.807, 2.05) is 0 Å². The van der Waals surface area contributed by atoms with Crippen LogP contribution >= 0.6 is 23.5 Å². The molecule has 2 saturated heterocycles. The fourth-order valence-corrected chi connectivity index (χ4v) is 11.2. The number of carbonyl (C=O) groups is 10. The number of para-hydroxylation sites is 4. The van der Waals surface area contributed by atoms with Crippen LogP contribution in [-0.4, -0.2) is 199 Å². The molecule has 2 aliphatic heterocycles. The van der Waals surface area contributed by atoms with Crippen LogP contribution in [0.2, 0.25) is 0 Å². The second kappa shape index (κ2) is 24.9. The summed E-state index contributed by atoms with van der Waals surface area (Å²) in [5.41, 5.74) is 1.38. The van der Waals surface area contributed by atoms with E-state index in [1.165, 1.54) is 54.4 Å². The van der Waals surface area contributed by atoms with Crippen molar-refractivity contribution in [2.45, 2.75) is 93.8 Å². The molecular weight excluding hydrogens is 1020 g/mol. The molecular formula is C50H62N12O12S2. The van der Waals surface area contributed by atoms with Gasteiger partial charge in [0.1, 0.15) is 66.9 Å². The van der Waals surface area contributed by atoms with Gasteiger partial charge in [-0.3, -0.25) is 48.3 Å². The maximum absolute atomic E-state index is 15.3. The van der Waals surface area contributed by atoms with Crippen molar-refractivity contribution in [3.63, 3.8) is 0 Å². The Morgan fingerprint density at radius 3 is 1.41 bits per heavy atom. The van der Waals surface area contributed by atoms with Gasteiger partial charge in [-0.25, -0.2) is 19.6 Å². The average Bonchev–Trinajstić information content (AvgIpc) is 3.40. The molecule has 6 rings (SSSR count). The van der Waals surface area contributed by atoms with E-state index in [9.17, 15) is 38.4 Å². The second-order valence-corrected chi connectivity index (χ2v) is 21.5. The van der Waals surface area contributed by atoms with E-state index in [0.717, 1.165) is 43.1 Å². The fraction of sp³-hybridized carbons (Fsp3) is 0.480. The zero-order chi connectivity index (χ0) is 55.9. The highest BCUT2D eigenvalue weighted by Gasteiger charge is 2.47. The number of amides is 8. The van der Waals surface area contributed by atoms with Crippen molar-refractivity contribution in [3.05, 3.63) is 72.3 Å². The van der Waals surface area contributed by atoms with Crippen LogP contribution in [0.3, 0.4) is 0 Å². The Balaban J connectivity index is 1.43. The monoisotopic (exact) mass is 1090 g/mol. The summed E-state index contributed by atoms with van der Waals surface area (Å²) < 4.78 is 10.3. The van der Waals surface area contributed by atoms with Gasteiger partial charge in [0.05, 0.1) is 39.0 Å². The molecule has 0 spiro atoms. The molecule has 2 aromatic heterocycles. The third-order valence-corrected chi connectivity index (χ3v) is 15.7. The number of likely N-dealkylation sites (N-methyl/N-ethyl adjacent to an activating group) is 4. The lowest BCUT2D eigenvalue weighted by Gasteiger charge is -2.41. The summed E-state index contributed by atoms with van der Waals surface area (Å²) in [6.45, 7) is 7.60. The van der Waals surface area contributed by atoms with E-state index in [4.69, 9.17) is 9.47 Å². The van der Waals surface area contributed by atoms with E-state index in [-0.39, 0.29) is 11.4 Å². The van der Waals surface area contributed by atoms with Gasteiger partial charge in [-0.05, 0) is 56.2 Å². The number of carbonyl (C=O) groups excluding carboxylic acids is 10.